The average molecular weight is 500 g/mol. The summed E-state index contributed by atoms with van der Waals surface area (Å²) in [6, 6.07) is 31.3. The zero-order valence-electron chi connectivity index (χ0n) is 19.9. The largest absolute Gasteiger partial charge is 0.496 e. The topological polar surface area (TPSA) is 89.7 Å². The second kappa shape index (κ2) is 8.43. The Labute approximate surface area is 216 Å². The predicted molar refractivity (Wildman–Crippen MR) is 152 cm³/mol. The molecule has 0 unspecified atom stereocenters. The van der Waals surface area contributed by atoms with Gasteiger partial charge in [-0.05, 0) is 34.5 Å². The van der Waals surface area contributed by atoms with Crippen LogP contribution < -0.4 is 10.5 Å². The molecule has 0 saturated carbocycles. The first kappa shape index (κ1) is 21.5. The minimum absolute atomic E-state index is 0.447. The van der Waals surface area contributed by atoms with E-state index in [-0.39, 0.29) is 0 Å². The summed E-state index contributed by atoms with van der Waals surface area (Å²) in [7, 11) is 1.68. The Kier molecular flexibility index (Phi) is 4.90. The van der Waals surface area contributed by atoms with Crippen molar-refractivity contribution in [1.82, 2.24) is 20.2 Å². The maximum Gasteiger partial charge on any atom is 0.203 e. The van der Waals surface area contributed by atoms with Crippen molar-refractivity contribution in [2.24, 2.45) is 0 Å². The maximum absolute atomic E-state index is 5.79. The van der Waals surface area contributed by atoms with Crippen molar-refractivity contribution >= 4 is 49.0 Å². The molecule has 2 aromatic heterocycles. The Morgan fingerprint density at radius 3 is 2.08 bits per heavy atom. The van der Waals surface area contributed by atoms with Gasteiger partial charge < -0.3 is 15.5 Å². The molecular formula is C30H21N5OS. The van der Waals surface area contributed by atoms with Crippen LogP contribution in [0.25, 0.3) is 65.7 Å². The fourth-order valence-corrected chi connectivity index (χ4v) is 5.59. The van der Waals surface area contributed by atoms with Crippen molar-refractivity contribution in [2.75, 3.05) is 12.8 Å². The van der Waals surface area contributed by atoms with Crippen LogP contribution in [0.2, 0.25) is 0 Å². The minimum Gasteiger partial charge on any atom is -0.496 e. The summed E-state index contributed by atoms with van der Waals surface area (Å²) in [5.41, 5.74) is 11.8. The molecule has 0 aliphatic heterocycles. The molecule has 0 spiro atoms. The standard InChI is InChI=1S/C30H21N5OS/c1-36-25-15-14-19(29-34-35-30(31)37-29)16-24(25)17-10-12-18(13-11-17)28-32-26-22-8-4-2-6-20(22)21-7-3-5-9-23(21)27(26)33-28/h2-16H,1H3,(H2,31,35)(H,32,33). The van der Waals surface area contributed by atoms with Crippen LogP contribution in [-0.4, -0.2) is 27.3 Å². The molecule has 0 aliphatic rings. The first-order chi connectivity index (χ1) is 18.2. The van der Waals surface area contributed by atoms with Crippen molar-refractivity contribution in [1.29, 1.82) is 0 Å². The van der Waals surface area contributed by atoms with Gasteiger partial charge in [-0.3, -0.25) is 0 Å². The van der Waals surface area contributed by atoms with Gasteiger partial charge in [-0.1, -0.05) is 84.1 Å². The van der Waals surface area contributed by atoms with E-state index in [1.165, 1.54) is 27.5 Å². The van der Waals surface area contributed by atoms with E-state index in [1.54, 1.807) is 7.11 Å². The number of H-pyrrole nitrogens is 1. The summed E-state index contributed by atoms with van der Waals surface area (Å²) in [6.45, 7) is 0. The Hall–Kier alpha value is -4.75. The molecule has 37 heavy (non-hydrogen) atoms. The lowest BCUT2D eigenvalue weighted by Crippen LogP contribution is -1.90. The maximum atomic E-state index is 5.79. The summed E-state index contributed by atoms with van der Waals surface area (Å²) in [6.07, 6.45) is 0. The van der Waals surface area contributed by atoms with Crippen LogP contribution in [0.5, 0.6) is 5.75 Å². The van der Waals surface area contributed by atoms with Gasteiger partial charge in [-0.2, -0.15) is 0 Å². The Balaban J connectivity index is 1.34. The number of anilines is 1. The molecule has 7 aromatic rings. The molecule has 0 bridgehead atoms. The van der Waals surface area contributed by atoms with Gasteiger partial charge in [0.2, 0.25) is 5.13 Å². The number of hydrogen-bond acceptors (Lipinski definition) is 6. The van der Waals surface area contributed by atoms with Crippen LogP contribution in [0.3, 0.4) is 0 Å². The highest BCUT2D eigenvalue weighted by atomic mass is 32.1. The molecule has 7 rings (SSSR count). The molecule has 0 saturated heterocycles. The normalized spacial score (nSPS) is 11.5. The van der Waals surface area contributed by atoms with Gasteiger partial charge in [-0.25, -0.2) is 4.98 Å². The van der Waals surface area contributed by atoms with Crippen molar-refractivity contribution in [3.05, 3.63) is 91.0 Å². The van der Waals surface area contributed by atoms with Crippen LogP contribution in [-0.2, 0) is 0 Å². The van der Waals surface area contributed by atoms with Gasteiger partial charge in [0.05, 0.1) is 18.1 Å². The van der Waals surface area contributed by atoms with Crippen molar-refractivity contribution in [3.63, 3.8) is 0 Å². The van der Waals surface area contributed by atoms with Crippen LogP contribution in [0.1, 0.15) is 0 Å². The Morgan fingerprint density at radius 2 is 1.38 bits per heavy atom. The van der Waals surface area contributed by atoms with E-state index in [9.17, 15) is 0 Å². The number of nitrogens with two attached hydrogens (primary N) is 1. The molecular weight excluding hydrogens is 478 g/mol. The highest BCUT2D eigenvalue weighted by Crippen LogP contribution is 2.38. The molecule has 0 aliphatic carbocycles. The van der Waals surface area contributed by atoms with Gasteiger partial charge in [0.15, 0.2) is 0 Å². The fourth-order valence-electron chi connectivity index (χ4n) is 4.99. The minimum atomic E-state index is 0.447. The third-order valence-corrected chi connectivity index (χ3v) is 7.53. The zero-order chi connectivity index (χ0) is 24.9. The third kappa shape index (κ3) is 3.51. The van der Waals surface area contributed by atoms with Gasteiger partial charge in [0.25, 0.3) is 0 Å². The second-order valence-corrected chi connectivity index (χ2v) is 9.85. The van der Waals surface area contributed by atoms with Crippen molar-refractivity contribution < 1.29 is 4.74 Å². The van der Waals surface area contributed by atoms with E-state index in [0.717, 1.165) is 55.3 Å². The number of imidazole rings is 1. The predicted octanol–water partition coefficient (Wildman–Crippen LogP) is 7.31. The summed E-state index contributed by atoms with van der Waals surface area (Å²) in [5, 5.41) is 14.1. The lowest BCUT2D eigenvalue weighted by Gasteiger charge is -2.10. The number of benzene rings is 5. The van der Waals surface area contributed by atoms with Crippen molar-refractivity contribution in [3.8, 4) is 38.8 Å². The second-order valence-electron chi connectivity index (χ2n) is 8.84. The third-order valence-electron chi connectivity index (χ3n) is 6.73. The number of hydrogen-bond donors (Lipinski definition) is 2. The SMILES string of the molecule is COc1ccc(-c2nnc(N)s2)cc1-c1ccc(-c2nc3c4ccccc4c4ccccc4c3[nH]2)cc1. The number of methoxy groups -OCH3 is 1. The summed E-state index contributed by atoms with van der Waals surface area (Å²) in [5.74, 6) is 1.63. The summed E-state index contributed by atoms with van der Waals surface area (Å²) in [4.78, 5) is 8.65. The number of nitrogen functional groups attached to an aromatic ring is 1. The van der Waals surface area contributed by atoms with Gasteiger partial charge in [0, 0.05) is 27.5 Å². The number of aromatic nitrogens is 4. The van der Waals surface area contributed by atoms with E-state index in [0.29, 0.717) is 5.13 Å². The number of nitrogens with zero attached hydrogens (tertiary/aromatic N) is 3. The zero-order valence-corrected chi connectivity index (χ0v) is 20.7. The van der Waals surface area contributed by atoms with Gasteiger partial charge >= 0.3 is 0 Å². The molecule has 6 nitrogen and oxygen atoms in total. The molecule has 0 atom stereocenters. The van der Waals surface area contributed by atoms with E-state index in [2.05, 4.69) is 94.0 Å². The number of fused-ring (bicyclic) bond motifs is 6. The average Bonchev–Trinajstić information content (AvgIpc) is 3.60. The van der Waals surface area contributed by atoms with E-state index >= 15 is 0 Å². The first-order valence-electron chi connectivity index (χ1n) is 11.9. The van der Waals surface area contributed by atoms with Crippen LogP contribution in [0, 0.1) is 0 Å². The van der Waals surface area contributed by atoms with Crippen molar-refractivity contribution in [2.45, 2.75) is 0 Å². The summed E-state index contributed by atoms with van der Waals surface area (Å²) >= 11 is 1.36. The molecule has 0 amide bonds. The fraction of sp³-hybridized carbons (Fsp3) is 0.0333. The smallest absolute Gasteiger partial charge is 0.203 e. The number of nitrogens with one attached hydrogen (secondary N) is 1. The molecule has 2 heterocycles. The number of ether oxygens (including phenoxy) is 1. The van der Waals surface area contributed by atoms with E-state index < -0.39 is 0 Å². The lowest BCUT2D eigenvalue weighted by atomic mass is 10.0. The van der Waals surface area contributed by atoms with Crippen LogP contribution in [0.4, 0.5) is 5.13 Å². The van der Waals surface area contributed by atoms with Crippen LogP contribution >= 0.6 is 11.3 Å². The number of aromatic amines is 1. The summed E-state index contributed by atoms with van der Waals surface area (Å²) < 4.78 is 5.66. The Morgan fingerprint density at radius 1 is 0.730 bits per heavy atom. The molecule has 0 radical (unpaired) electrons. The van der Waals surface area contributed by atoms with E-state index in [1.807, 2.05) is 12.1 Å². The van der Waals surface area contributed by atoms with Crippen LogP contribution in [0.15, 0.2) is 91.0 Å². The first-order valence-corrected chi connectivity index (χ1v) is 12.7. The molecule has 0 fully saturated rings. The molecule has 3 N–H and O–H groups in total. The highest BCUT2D eigenvalue weighted by molar-refractivity contribution is 7.18. The van der Waals surface area contributed by atoms with Gasteiger partial charge in [0.1, 0.15) is 16.6 Å². The monoisotopic (exact) mass is 499 g/mol. The Bertz CT molecular complexity index is 1870. The van der Waals surface area contributed by atoms with E-state index in [4.69, 9.17) is 15.5 Å². The quantitative estimate of drug-likeness (QED) is 0.248. The molecule has 5 aromatic carbocycles. The highest BCUT2D eigenvalue weighted by Gasteiger charge is 2.15. The van der Waals surface area contributed by atoms with Gasteiger partial charge in [-0.15, -0.1) is 10.2 Å². The number of rotatable bonds is 4. The molecule has 7 heteroatoms. The molecule has 178 valence electrons. The lowest BCUT2D eigenvalue weighted by molar-refractivity contribution is 0.416.